The van der Waals surface area contributed by atoms with Gasteiger partial charge in [-0.15, -0.1) is 0 Å². The molecule has 0 aliphatic carbocycles. The van der Waals surface area contributed by atoms with Gasteiger partial charge in [-0.2, -0.15) is 0 Å². The van der Waals surface area contributed by atoms with Crippen LogP contribution < -0.4 is 15.4 Å². The van der Waals surface area contributed by atoms with Crippen molar-refractivity contribution in [3.05, 3.63) is 65.2 Å². The van der Waals surface area contributed by atoms with E-state index in [1.54, 1.807) is 12.1 Å². The Bertz CT molecular complexity index is 948. The molecule has 0 heterocycles. The number of benzene rings is 2. The number of hydrogen-bond acceptors (Lipinski definition) is 4. The summed E-state index contributed by atoms with van der Waals surface area (Å²) in [6.45, 7) is 3.72. The van der Waals surface area contributed by atoms with Crippen molar-refractivity contribution in [3.63, 3.8) is 0 Å². The summed E-state index contributed by atoms with van der Waals surface area (Å²) in [6, 6.07) is 9.86. The summed E-state index contributed by atoms with van der Waals surface area (Å²) < 4.78 is 55.3. The van der Waals surface area contributed by atoms with Gasteiger partial charge in [-0.1, -0.05) is 6.07 Å². The molecule has 9 heteroatoms. The first-order valence-corrected chi connectivity index (χ1v) is 11.7. The Morgan fingerprint density at radius 1 is 1.03 bits per heavy atom. The predicted molar refractivity (Wildman–Crippen MR) is 114 cm³/mol. The molecule has 0 bridgehead atoms. The number of aliphatic imine (C=N–C) groups is 1. The largest absolute Gasteiger partial charge is 0.494 e. The fourth-order valence-electron chi connectivity index (χ4n) is 2.67. The van der Waals surface area contributed by atoms with Gasteiger partial charge >= 0.3 is 0 Å². The lowest BCUT2D eigenvalue weighted by molar-refractivity contribution is 0.310. The molecule has 2 rings (SSSR count). The number of ether oxygens (including phenoxy) is 1. The van der Waals surface area contributed by atoms with Gasteiger partial charge in [0, 0.05) is 19.3 Å². The first-order chi connectivity index (χ1) is 14.3. The van der Waals surface area contributed by atoms with E-state index < -0.39 is 15.7 Å². The fourth-order valence-corrected chi connectivity index (χ4v) is 3.52. The van der Waals surface area contributed by atoms with E-state index in [-0.39, 0.29) is 18.1 Å². The molecule has 0 atom stereocenters. The second-order valence-electron chi connectivity index (χ2n) is 6.76. The molecule has 0 fully saturated rings. The maximum atomic E-state index is 13.6. The standard InChI is InChI=1S/C21H27F2N3O3S/c1-3-24-21(25-11-4-12-29-20-9-7-18(22)8-10-20)26-14-17-13-19(23)6-5-16(17)15-30(2,27)28/h5-10,13H,3-4,11-12,14-15H2,1-2H3,(H2,24,25,26). The molecular weight excluding hydrogens is 412 g/mol. The van der Waals surface area contributed by atoms with Gasteiger partial charge < -0.3 is 15.4 Å². The minimum atomic E-state index is -3.24. The molecule has 30 heavy (non-hydrogen) atoms. The van der Waals surface area contributed by atoms with Crippen molar-refractivity contribution in [1.29, 1.82) is 0 Å². The van der Waals surface area contributed by atoms with Crippen LogP contribution in [0.2, 0.25) is 0 Å². The van der Waals surface area contributed by atoms with E-state index in [0.29, 0.717) is 49.0 Å². The Kier molecular flexibility index (Phi) is 9.04. The van der Waals surface area contributed by atoms with E-state index in [4.69, 9.17) is 4.74 Å². The molecular formula is C21H27F2N3O3S. The van der Waals surface area contributed by atoms with E-state index in [1.165, 1.54) is 30.3 Å². The Morgan fingerprint density at radius 3 is 2.40 bits per heavy atom. The van der Waals surface area contributed by atoms with Gasteiger partial charge in [-0.05, 0) is 60.9 Å². The third-order valence-electron chi connectivity index (χ3n) is 4.03. The van der Waals surface area contributed by atoms with Gasteiger partial charge in [0.1, 0.15) is 17.4 Å². The third kappa shape index (κ3) is 8.77. The number of nitrogens with one attached hydrogen (secondary N) is 2. The highest BCUT2D eigenvalue weighted by atomic mass is 32.2. The van der Waals surface area contributed by atoms with Crippen LogP contribution in [0, 0.1) is 11.6 Å². The lowest BCUT2D eigenvalue weighted by Gasteiger charge is -2.13. The molecule has 164 valence electrons. The Labute approximate surface area is 176 Å². The fraction of sp³-hybridized carbons (Fsp3) is 0.381. The zero-order valence-corrected chi connectivity index (χ0v) is 17.9. The van der Waals surface area contributed by atoms with Crippen LogP contribution in [0.15, 0.2) is 47.5 Å². The number of halogens is 2. The minimum absolute atomic E-state index is 0.143. The molecule has 0 saturated heterocycles. The second kappa shape index (κ2) is 11.5. The van der Waals surface area contributed by atoms with Crippen LogP contribution in [0.1, 0.15) is 24.5 Å². The van der Waals surface area contributed by atoms with Gasteiger partial charge in [0.25, 0.3) is 0 Å². The highest BCUT2D eigenvalue weighted by Crippen LogP contribution is 2.15. The van der Waals surface area contributed by atoms with E-state index in [0.717, 1.165) is 6.26 Å². The quantitative estimate of drug-likeness (QED) is 0.338. The lowest BCUT2D eigenvalue weighted by Crippen LogP contribution is -2.38. The number of rotatable bonds is 10. The van der Waals surface area contributed by atoms with Gasteiger partial charge in [-0.3, -0.25) is 0 Å². The Balaban J connectivity index is 1.91. The Morgan fingerprint density at radius 2 is 1.73 bits per heavy atom. The van der Waals surface area contributed by atoms with E-state index in [1.807, 2.05) is 6.92 Å². The van der Waals surface area contributed by atoms with Gasteiger partial charge in [-0.25, -0.2) is 22.2 Å². The second-order valence-corrected chi connectivity index (χ2v) is 8.90. The molecule has 0 saturated carbocycles. The van der Waals surface area contributed by atoms with E-state index in [2.05, 4.69) is 15.6 Å². The topological polar surface area (TPSA) is 79.8 Å². The summed E-state index contributed by atoms with van der Waals surface area (Å²) in [5.74, 6) is 0.222. The molecule has 0 amide bonds. The SMILES string of the molecule is CCNC(=NCc1cc(F)ccc1CS(C)(=O)=O)NCCCOc1ccc(F)cc1. The van der Waals surface area contributed by atoms with Crippen LogP contribution in [0.4, 0.5) is 8.78 Å². The number of hydrogen-bond donors (Lipinski definition) is 2. The monoisotopic (exact) mass is 439 g/mol. The minimum Gasteiger partial charge on any atom is -0.494 e. The summed E-state index contributed by atoms with van der Waals surface area (Å²) in [6.07, 6.45) is 1.82. The lowest BCUT2D eigenvalue weighted by atomic mass is 10.1. The van der Waals surface area contributed by atoms with Crippen molar-refractivity contribution in [2.45, 2.75) is 25.6 Å². The van der Waals surface area contributed by atoms with Crippen LogP contribution in [-0.2, 0) is 22.1 Å². The first kappa shape index (κ1) is 23.6. The van der Waals surface area contributed by atoms with E-state index >= 15 is 0 Å². The third-order valence-corrected chi connectivity index (χ3v) is 4.87. The smallest absolute Gasteiger partial charge is 0.191 e. The van der Waals surface area contributed by atoms with Crippen molar-refractivity contribution >= 4 is 15.8 Å². The summed E-state index contributed by atoms with van der Waals surface area (Å²) >= 11 is 0. The van der Waals surface area contributed by atoms with Crippen molar-refractivity contribution in [3.8, 4) is 5.75 Å². The molecule has 2 aromatic carbocycles. The average Bonchev–Trinajstić information content (AvgIpc) is 2.68. The molecule has 0 aromatic heterocycles. The molecule has 2 N–H and O–H groups in total. The normalized spacial score (nSPS) is 11.9. The van der Waals surface area contributed by atoms with Gasteiger partial charge in [0.15, 0.2) is 15.8 Å². The summed E-state index contributed by atoms with van der Waals surface area (Å²) in [4.78, 5) is 4.43. The maximum absolute atomic E-state index is 13.6. The van der Waals surface area contributed by atoms with Gasteiger partial charge in [0.05, 0.1) is 18.9 Å². The average molecular weight is 440 g/mol. The number of guanidine groups is 1. The number of nitrogens with zero attached hydrogens (tertiary/aromatic N) is 1. The van der Waals surface area contributed by atoms with Crippen molar-refractivity contribution < 1.29 is 21.9 Å². The summed E-state index contributed by atoms with van der Waals surface area (Å²) in [5, 5.41) is 6.25. The van der Waals surface area contributed by atoms with Crippen LogP contribution in [0.25, 0.3) is 0 Å². The van der Waals surface area contributed by atoms with Crippen LogP contribution in [-0.4, -0.2) is 40.3 Å². The molecule has 0 spiro atoms. The highest BCUT2D eigenvalue weighted by Gasteiger charge is 2.10. The molecule has 2 aromatic rings. The van der Waals surface area contributed by atoms with Crippen LogP contribution >= 0.6 is 0 Å². The molecule has 0 unspecified atom stereocenters. The van der Waals surface area contributed by atoms with Gasteiger partial charge in [0.2, 0.25) is 0 Å². The van der Waals surface area contributed by atoms with Crippen molar-refractivity contribution in [2.75, 3.05) is 26.0 Å². The molecule has 0 aliphatic rings. The van der Waals surface area contributed by atoms with Crippen LogP contribution in [0.3, 0.4) is 0 Å². The van der Waals surface area contributed by atoms with Crippen molar-refractivity contribution in [1.82, 2.24) is 10.6 Å². The Hall–Kier alpha value is -2.68. The molecule has 0 aliphatic heterocycles. The van der Waals surface area contributed by atoms with Crippen molar-refractivity contribution in [2.24, 2.45) is 4.99 Å². The molecule has 0 radical (unpaired) electrons. The zero-order chi connectivity index (χ0) is 22.0. The highest BCUT2D eigenvalue weighted by molar-refractivity contribution is 7.89. The predicted octanol–water partition coefficient (Wildman–Crippen LogP) is 3.03. The zero-order valence-electron chi connectivity index (χ0n) is 17.1. The summed E-state index contributed by atoms with van der Waals surface area (Å²) in [7, 11) is -3.24. The van der Waals surface area contributed by atoms with E-state index in [9.17, 15) is 17.2 Å². The first-order valence-electron chi connectivity index (χ1n) is 9.62. The summed E-state index contributed by atoms with van der Waals surface area (Å²) in [5.41, 5.74) is 1.06. The number of sulfone groups is 1. The van der Waals surface area contributed by atoms with Crippen LogP contribution in [0.5, 0.6) is 5.75 Å². The molecule has 6 nitrogen and oxygen atoms in total. The maximum Gasteiger partial charge on any atom is 0.191 e.